The molecule has 0 saturated carbocycles. The Hall–Kier alpha value is -2.24. The fraction of sp³-hybridized carbons (Fsp3) is 0.381. The second-order valence-electron chi connectivity index (χ2n) is 6.70. The van der Waals surface area contributed by atoms with Gasteiger partial charge in [0.2, 0.25) is 0 Å². The zero-order chi connectivity index (χ0) is 18.4. The van der Waals surface area contributed by atoms with Gasteiger partial charge in [-0.3, -0.25) is 4.79 Å². The molecule has 26 heavy (non-hydrogen) atoms. The molecule has 1 saturated heterocycles. The van der Waals surface area contributed by atoms with E-state index in [0.717, 1.165) is 31.5 Å². The van der Waals surface area contributed by atoms with Crippen molar-refractivity contribution in [1.29, 1.82) is 0 Å². The number of carbonyl (C=O) groups excluding carboxylic acids is 1. The zero-order valence-electron chi connectivity index (χ0n) is 14.7. The van der Waals surface area contributed by atoms with E-state index in [1.807, 2.05) is 30.3 Å². The van der Waals surface area contributed by atoms with Crippen LogP contribution in [0.4, 0.5) is 4.39 Å². The van der Waals surface area contributed by atoms with Crippen LogP contribution in [0.2, 0.25) is 0 Å². The minimum atomic E-state index is -0.698. The minimum absolute atomic E-state index is 0.0421. The highest BCUT2D eigenvalue weighted by Gasteiger charge is 2.26. The molecule has 1 unspecified atom stereocenters. The summed E-state index contributed by atoms with van der Waals surface area (Å²) in [6, 6.07) is 15.6. The van der Waals surface area contributed by atoms with Crippen molar-refractivity contribution in [2.45, 2.75) is 18.9 Å². The molecule has 4 nitrogen and oxygen atoms in total. The number of rotatable bonds is 7. The molecule has 3 rings (SSSR count). The Morgan fingerprint density at radius 3 is 2.46 bits per heavy atom. The number of Topliss-reactive ketones (excluding diaryl/α,β-unsaturated/α-hetero) is 1. The van der Waals surface area contributed by atoms with Crippen LogP contribution in [-0.2, 0) is 0 Å². The number of ketones is 1. The van der Waals surface area contributed by atoms with Crippen LogP contribution in [0.25, 0.3) is 0 Å². The van der Waals surface area contributed by atoms with Crippen LogP contribution < -0.4 is 4.74 Å². The molecule has 5 heteroatoms. The van der Waals surface area contributed by atoms with Gasteiger partial charge in [0.05, 0.1) is 0 Å². The second kappa shape index (κ2) is 8.92. The number of halogens is 1. The fourth-order valence-electron chi connectivity index (χ4n) is 3.31. The van der Waals surface area contributed by atoms with E-state index in [1.54, 1.807) is 18.2 Å². The largest absolute Gasteiger partial charge is 0.488 e. The third kappa shape index (κ3) is 4.90. The summed E-state index contributed by atoms with van der Waals surface area (Å²) in [6.07, 6.45) is 0.874. The van der Waals surface area contributed by atoms with Crippen molar-refractivity contribution in [1.82, 2.24) is 4.90 Å². The number of aliphatic hydroxyl groups excluding tert-OH is 1. The van der Waals surface area contributed by atoms with E-state index in [9.17, 15) is 14.3 Å². The number of hydrogen-bond acceptors (Lipinski definition) is 4. The number of para-hydroxylation sites is 1. The Labute approximate surface area is 153 Å². The van der Waals surface area contributed by atoms with E-state index in [2.05, 4.69) is 4.90 Å². The van der Waals surface area contributed by atoms with Crippen LogP contribution in [0.3, 0.4) is 0 Å². The number of ether oxygens (including phenoxy) is 1. The quantitative estimate of drug-likeness (QED) is 0.774. The first-order valence-electron chi connectivity index (χ1n) is 9.00. The molecule has 1 aliphatic heterocycles. The van der Waals surface area contributed by atoms with E-state index in [0.29, 0.717) is 6.54 Å². The second-order valence-corrected chi connectivity index (χ2v) is 6.70. The summed E-state index contributed by atoms with van der Waals surface area (Å²) in [6.45, 7) is 2.03. The molecule has 2 aromatic carbocycles. The highest BCUT2D eigenvalue weighted by molar-refractivity contribution is 5.97. The van der Waals surface area contributed by atoms with Crippen molar-refractivity contribution in [3.05, 3.63) is 66.0 Å². The van der Waals surface area contributed by atoms with Gasteiger partial charge in [0.25, 0.3) is 0 Å². The van der Waals surface area contributed by atoms with Gasteiger partial charge in [-0.25, -0.2) is 4.39 Å². The first kappa shape index (κ1) is 18.5. The Bertz CT molecular complexity index is 714. The highest BCUT2D eigenvalue weighted by atomic mass is 19.1. The third-order valence-corrected chi connectivity index (χ3v) is 4.75. The van der Waals surface area contributed by atoms with Crippen LogP contribution in [0.5, 0.6) is 5.75 Å². The smallest absolute Gasteiger partial charge is 0.166 e. The topological polar surface area (TPSA) is 49.8 Å². The molecule has 1 atom stereocenters. The summed E-state index contributed by atoms with van der Waals surface area (Å²) in [7, 11) is 0. The normalized spacial score (nSPS) is 17.0. The van der Waals surface area contributed by atoms with Crippen molar-refractivity contribution < 1.29 is 19.0 Å². The van der Waals surface area contributed by atoms with E-state index in [4.69, 9.17) is 4.74 Å². The van der Waals surface area contributed by atoms with Crippen molar-refractivity contribution in [2.24, 2.45) is 5.92 Å². The van der Waals surface area contributed by atoms with Crippen molar-refractivity contribution in [3.63, 3.8) is 0 Å². The summed E-state index contributed by atoms with van der Waals surface area (Å²) in [4.78, 5) is 14.6. The van der Waals surface area contributed by atoms with Crippen LogP contribution in [0.15, 0.2) is 54.6 Å². The highest BCUT2D eigenvalue weighted by Crippen LogP contribution is 2.22. The Morgan fingerprint density at radius 2 is 1.77 bits per heavy atom. The average molecular weight is 357 g/mol. The van der Waals surface area contributed by atoms with Gasteiger partial charge in [0.15, 0.2) is 17.3 Å². The average Bonchev–Trinajstić information content (AvgIpc) is 2.68. The van der Waals surface area contributed by atoms with Gasteiger partial charge in [-0.2, -0.15) is 0 Å². The van der Waals surface area contributed by atoms with Gasteiger partial charge in [-0.05, 0) is 38.1 Å². The molecule has 0 bridgehead atoms. The first-order valence-corrected chi connectivity index (χ1v) is 9.00. The molecule has 1 aliphatic rings. The van der Waals surface area contributed by atoms with Gasteiger partial charge in [0.1, 0.15) is 12.7 Å². The van der Waals surface area contributed by atoms with E-state index in [1.165, 1.54) is 6.07 Å². The van der Waals surface area contributed by atoms with Gasteiger partial charge < -0.3 is 14.7 Å². The van der Waals surface area contributed by atoms with Crippen molar-refractivity contribution in [2.75, 3.05) is 26.2 Å². The van der Waals surface area contributed by atoms with Crippen LogP contribution in [-0.4, -0.2) is 48.1 Å². The van der Waals surface area contributed by atoms with Crippen LogP contribution in [0, 0.1) is 11.7 Å². The van der Waals surface area contributed by atoms with Crippen LogP contribution in [0.1, 0.15) is 23.2 Å². The summed E-state index contributed by atoms with van der Waals surface area (Å²) in [5, 5.41) is 10.2. The number of hydrogen-bond donors (Lipinski definition) is 1. The Kier molecular flexibility index (Phi) is 6.36. The van der Waals surface area contributed by atoms with E-state index >= 15 is 0 Å². The number of aliphatic hydroxyl groups is 1. The molecule has 0 radical (unpaired) electrons. The number of benzene rings is 2. The van der Waals surface area contributed by atoms with E-state index in [-0.39, 0.29) is 24.1 Å². The predicted octanol–water partition coefficient (Wildman–Crippen LogP) is 3.16. The van der Waals surface area contributed by atoms with Gasteiger partial charge in [-0.15, -0.1) is 0 Å². The summed E-state index contributed by atoms with van der Waals surface area (Å²) in [5.41, 5.74) is 0.768. The zero-order valence-corrected chi connectivity index (χ0v) is 14.7. The lowest BCUT2D eigenvalue weighted by molar-refractivity contribution is 0.0515. The van der Waals surface area contributed by atoms with Crippen molar-refractivity contribution in [3.8, 4) is 5.75 Å². The number of carbonyl (C=O) groups is 1. The number of piperidine rings is 1. The third-order valence-electron chi connectivity index (χ3n) is 4.75. The molecule has 0 aliphatic carbocycles. The molecule has 1 heterocycles. The first-order chi connectivity index (χ1) is 12.6. The predicted molar refractivity (Wildman–Crippen MR) is 97.8 cm³/mol. The summed E-state index contributed by atoms with van der Waals surface area (Å²) in [5.74, 6) is -0.0344. The summed E-state index contributed by atoms with van der Waals surface area (Å²) >= 11 is 0. The molecule has 1 fully saturated rings. The van der Waals surface area contributed by atoms with Crippen LogP contribution >= 0.6 is 0 Å². The SMILES string of the molecule is O=C(c1ccccc1)C1CCN(CC(O)COc2ccccc2F)CC1. The van der Waals surface area contributed by atoms with Gasteiger partial charge in [0, 0.05) is 18.0 Å². The molecular weight excluding hydrogens is 333 g/mol. The van der Waals surface area contributed by atoms with Gasteiger partial charge >= 0.3 is 0 Å². The lowest BCUT2D eigenvalue weighted by atomic mass is 9.89. The lowest BCUT2D eigenvalue weighted by Gasteiger charge is -2.32. The maximum Gasteiger partial charge on any atom is 0.166 e. The Morgan fingerprint density at radius 1 is 1.12 bits per heavy atom. The molecule has 0 aromatic heterocycles. The molecule has 0 amide bonds. The Balaban J connectivity index is 1.42. The number of likely N-dealkylation sites (tertiary alicyclic amines) is 1. The minimum Gasteiger partial charge on any atom is -0.488 e. The molecule has 138 valence electrons. The molecule has 2 aromatic rings. The van der Waals surface area contributed by atoms with E-state index < -0.39 is 11.9 Å². The number of β-amino-alcohol motifs (C(OH)–C–C–N with tert-alkyl or cyclic N) is 1. The maximum atomic E-state index is 13.5. The monoisotopic (exact) mass is 357 g/mol. The fourth-order valence-corrected chi connectivity index (χ4v) is 3.31. The molecule has 1 N–H and O–H groups in total. The number of nitrogens with zero attached hydrogens (tertiary/aromatic N) is 1. The van der Waals surface area contributed by atoms with Gasteiger partial charge in [-0.1, -0.05) is 42.5 Å². The standard InChI is InChI=1S/C21H24FNO3/c22-19-8-4-5-9-20(19)26-15-18(24)14-23-12-10-17(11-13-23)21(25)16-6-2-1-3-7-16/h1-9,17-18,24H,10-15H2. The maximum absolute atomic E-state index is 13.5. The molecular formula is C21H24FNO3. The lowest BCUT2D eigenvalue weighted by Crippen LogP contribution is -2.42. The molecule has 0 spiro atoms. The summed E-state index contributed by atoms with van der Waals surface area (Å²) < 4.78 is 18.9. The van der Waals surface area contributed by atoms with Crippen molar-refractivity contribution >= 4 is 5.78 Å².